The van der Waals surface area contributed by atoms with Crippen molar-refractivity contribution in [2.45, 2.75) is 39.7 Å². The van der Waals surface area contributed by atoms with Gasteiger partial charge in [0, 0.05) is 11.1 Å². The van der Waals surface area contributed by atoms with E-state index in [2.05, 4.69) is 4.98 Å². The van der Waals surface area contributed by atoms with Gasteiger partial charge in [0.15, 0.2) is 0 Å². The molecular weight excluding hydrogens is 252 g/mol. The molecule has 0 unspecified atom stereocenters. The van der Waals surface area contributed by atoms with E-state index in [4.69, 9.17) is 10.5 Å². The summed E-state index contributed by atoms with van der Waals surface area (Å²) in [6.45, 7) is 7.89. The summed E-state index contributed by atoms with van der Waals surface area (Å²) in [5.41, 5.74) is 7.66. The maximum atomic E-state index is 11.2. The van der Waals surface area contributed by atoms with Crippen molar-refractivity contribution in [2.75, 3.05) is 0 Å². The van der Waals surface area contributed by atoms with Crippen molar-refractivity contribution in [3.05, 3.63) is 35.5 Å². The molecule has 2 N–H and O–H groups in total. The SMILES string of the molecule is Cc1cc(CC(N)=O)c2cc(OC(C)(C)C)ccc2n1. The lowest BCUT2D eigenvalue weighted by atomic mass is 10.0. The predicted molar refractivity (Wildman–Crippen MR) is 79.8 cm³/mol. The summed E-state index contributed by atoms with van der Waals surface area (Å²) in [4.78, 5) is 15.7. The fourth-order valence-electron chi connectivity index (χ4n) is 2.17. The van der Waals surface area contributed by atoms with Gasteiger partial charge in [-0.1, -0.05) is 0 Å². The van der Waals surface area contributed by atoms with Crippen LogP contribution in [0.2, 0.25) is 0 Å². The molecule has 0 saturated carbocycles. The zero-order valence-corrected chi connectivity index (χ0v) is 12.4. The van der Waals surface area contributed by atoms with E-state index in [0.717, 1.165) is 27.9 Å². The zero-order chi connectivity index (χ0) is 14.9. The van der Waals surface area contributed by atoms with Crippen LogP contribution in [-0.2, 0) is 11.2 Å². The van der Waals surface area contributed by atoms with Crippen LogP contribution in [0.3, 0.4) is 0 Å². The van der Waals surface area contributed by atoms with E-state index in [9.17, 15) is 4.79 Å². The van der Waals surface area contributed by atoms with Crippen molar-refractivity contribution in [1.82, 2.24) is 4.98 Å². The Bertz CT molecular complexity index is 657. The molecule has 1 heterocycles. The van der Waals surface area contributed by atoms with Crippen LogP contribution in [0.15, 0.2) is 24.3 Å². The van der Waals surface area contributed by atoms with Crippen molar-refractivity contribution in [1.29, 1.82) is 0 Å². The van der Waals surface area contributed by atoms with E-state index >= 15 is 0 Å². The Morgan fingerprint density at radius 3 is 2.60 bits per heavy atom. The predicted octanol–water partition coefficient (Wildman–Crippen LogP) is 2.75. The molecule has 0 spiro atoms. The number of ether oxygens (including phenoxy) is 1. The van der Waals surface area contributed by atoms with Crippen LogP contribution in [0.25, 0.3) is 10.9 Å². The number of nitrogens with zero attached hydrogens (tertiary/aromatic N) is 1. The normalized spacial score (nSPS) is 11.6. The van der Waals surface area contributed by atoms with Gasteiger partial charge in [-0.05, 0) is 57.5 Å². The fourth-order valence-corrected chi connectivity index (χ4v) is 2.17. The molecule has 0 aliphatic rings. The van der Waals surface area contributed by atoms with E-state index in [0.29, 0.717) is 0 Å². The lowest BCUT2D eigenvalue weighted by Gasteiger charge is -2.21. The number of benzene rings is 1. The Hall–Kier alpha value is -2.10. The van der Waals surface area contributed by atoms with Gasteiger partial charge in [-0.25, -0.2) is 0 Å². The first-order valence-electron chi connectivity index (χ1n) is 6.62. The molecule has 106 valence electrons. The number of aromatic nitrogens is 1. The molecule has 0 aliphatic heterocycles. The van der Waals surface area contributed by atoms with Gasteiger partial charge in [0.05, 0.1) is 11.9 Å². The standard InChI is InChI=1S/C16H20N2O2/c1-10-7-11(8-15(17)19)13-9-12(20-16(2,3)4)5-6-14(13)18-10/h5-7,9H,8H2,1-4H3,(H2,17,19). The van der Waals surface area contributed by atoms with Crippen LogP contribution in [0, 0.1) is 6.92 Å². The average molecular weight is 272 g/mol. The van der Waals surface area contributed by atoms with Gasteiger partial charge in [-0.15, -0.1) is 0 Å². The molecule has 1 aromatic heterocycles. The van der Waals surface area contributed by atoms with Gasteiger partial charge in [0.2, 0.25) is 5.91 Å². The van der Waals surface area contributed by atoms with E-state index < -0.39 is 0 Å². The third-order valence-corrected chi connectivity index (χ3v) is 2.78. The summed E-state index contributed by atoms with van der Waals surface area (Å²) in [5, 5.41) is 0.913. The highest BCUT2D eigenvalue weighted by Crippen LogP contribution is 2.26. The third kappa shape index (κ3) is 3.47. The minimum Gasteiger partial charge on any atom is -0.488 e. The quantitative estimate of drug-likeness (QED) is 0.934. The van der Waals surface area contributed by atoms with Crippen LogP contribution in [0.4, 0.5) is 0 Å². The number of amides is 1. The highest BCUT2D eigenvalue weighted by Gasteiger charge is 2.13. The van der Waals surface area contributed by atoms with Gasteiger partial charge in [0.1, 0.15) is 11.4 Å². The van der Waals surface area contributed by atoms with E-state index in [1.165, 1.54) is 0 Å². The summed E-state index contributed by atoms with van der Waals surface area (Å²) in [7, 11) is 0. The number of carbonyl (C=O) groups is 1. The van der Waals surface area contributed by atoms with E-state index in [-0.39, 0.29) is 17.9 Å². The topological polar surface area (TPSA) is 65.2 Å². The number of hydrogen-bond donors (Lipinski definition) is 1. The number of aryl methyl sites for hydroxylation is 1. The third-order valence-electron chi connectivity index (χ3n) is 2.78. The Labute approximate surface area is 119 Å². The Morgan fingerprint density at radius 2 is 2.00 bits per heavy atom. The molecule has 2 rings (SSSR count). The minimum absolute atomic E-state index is 0.207. The number of hydrogen-bond acceptors (Lipinski definition) is 3. The summed E-state index contributed by atoms with van der Waals surface area (Å²) < 4.78 is 5.86. The zero-order valence-electron chi connectivity index (χ0n) is 12.4. The van der Waals surface area contributed by atoms with Gasteiger partial charge in [0.25, 0.3) is 0 Å². The molecule has 0 fully saturated rings. The maximum absolute atomic E-state index is 11.2. The van der Waals surface area contributed by atoms with Gasteiger partial charge in [-0.3, -0.25) is 9.78 Å². The number of nitrogens with two attached hydrogens (primary N) is 1. The minimum atomic E-state index is -0.348. The van der Waals surface area contributed by atoms with E-state index in [1.54, 1.807) is 0 Å². The summed E-state index contributed by atoms with van der Waals surface area (Å²) in [6.07, 6.45) is 0.207. The smallest absolute Gasteiger partial charge is 0.221 e. The molecule has 4 heteroatoms. The Morgan fingerprint density at radius 1 is 1.30 bits per heavy atom. The van der Waals surface area contributed by atoms with Crippen molar-refractivity contribution in [3.63, 3.8) is 0 Å². The van der Waals surface area contributed by atoms with Crippen molar-refractivity contribution < 1.29 is 9.53 Å². The van der Waals surface area contributed by atoms with Gasteiger partial charge >= 0.3 is 0 Å². The summed E-state index contributed by atoms with van der Waals surface area (Å²) in [5.74, 6) is 0.417. The van der Waals surface area contributed by atoms with Crippen molar-refractivity contribution in [3.8, 4) is 5.75 Å². The molecule has 20 heavy (non-hydrogen) atoms. The van der Waals surface area contributed by atoms with Gasteiger partial charge < -0.3 is 10.5 Å². The largest absolute Gasteiger partial charge is 0.488 e. The van der Waals surface area contributed by atoms with E-state index in [1.807, 2.05) is 52.0 Å². The molecule has 0 atom stereocenters. The molecule has 4 nitrogen and oxygen atoms in total. The lowest BCUT2D eigenvalue weighted by Crippen LogP contribution is -2.22. The first-order chi connectivity index (χ1) is 9.24. The number of primary amides is 1. The summed E-state index contributed by atoms with van der Waals surface area (Å²) in [6, 6.07) is 7.63. The first kappa shape index (κ1) is 14.3. The monoisotopic (exact) mass is 272 g/mol. The highest BCUT2D eigenvalue weighted by atomic mass is 16.5. The van der Waals surface area contributed by atoms with Crippen LogP contribution in [0.5, 0.6) is 5.75 Å². The number of fused-ring (bicyclic) bond motifs is 1. The second-order valence-corrected chi connectivity index (χ2v) is 5.96. The Balaban J connectivity index is 2.53. The molecular formula is C16H20N2O2. The summed E-state index contributed by atoms with van der Waals surface area (Å²) >= 11 is 0. The average Bonchev–Trinajstić information content (AvgIpc) is 2.27. The number of rotatable bonds is 3. The Kier molecular flexibility index (Phi) is 3.66. The second kappa shape index (κ2) is 5.12. The number of carbonyl (C=O) groups excluding carboxylic acids is 1. The molecule has 1 amide bonds. The lowest BCUT2D eigenvalue weighted by molar-refractivity contribution is -0.117. The fraction of sp³-hybridized carbons (Fsp3) is 0.375. The van der Waals surface area contributed by atoms with Crippen LogP contribution in [0.1, 0.15) is 32.0 Å². The molecule has 0 aliphatic carbocycles. The first-order valence-corrected chi connectivity index (χ1v) is 6.62. The van der Waals surface area contributed by atoms with Crippen LogP contribution in [-0.4, -0.2) is 16.5 Å². The molecule has 0 saturated heterocycles. The van der Waals surface area contributed by atoms with Gasteiger partial charge in [-0.2, -0.15) is 0 Å². The van der Waals surface area contributed by atoms with Crippen LogP contribution >= 0.6 is 0 Å². The molecule has 1 aromatic carbocycles. The second-order valence-electron chi connectivity index (χ2n) is 5.96. The highest BCUT2D eigenvalue weighted by molar-refractivity contribution is 5.88. The van der Waals surface area contributed by atoms with Crippen molar-refractivity contribution in [2.24, 2.45) is 5.73 Å². The molecule has 0 radical (unpaired) electrons. The van der Waals surface area contributed by atoms with Crippen LogP contribution < -0.4 is 10.5 Å². The molecule has 2 aromatic rings. The maximum Gasteiger partial charge on any atom is 0.221 e. The molecule has 0 bridgehead atoms. The number of pyridine rings is 1. The van der Waals surface area contributed by atoms with Crippen molar-refractivity contribution >= 4 is 16.8 Å².